The molecule has 2 aromatic carbocycles. The SMILES string of the molecule is COc1cccc(N(CCCC(=O)NCc2ccc(OC)c(OC)c2OC)S(C)(=O)=O)c1. The highest BCUT2D eigenvalue weighted by Crippen LogP contribution is 2.39. The molecule has 0 bridgehead atoms. The highest BCUT2D eigenvalue weighted by molar-refractivity contribution is 7.92. The number of hydrogen-bond acceptors (Lipinski definition) is 7. The number of carbonyl (C=O) groups is 1. The Morgan fingerprint density at radius 3 is 2.28 bits per heavy atom. The number of amides is 1. The van der Waals surface area contributed by atoms with E-state index < -0.39 is 10.0 Å². The van der Waals surface area contributed by atoms with E-state index >= 15 is 0 Å². The van der Waals surface area contributed by atoms with Crippen LogP contribution in [0.4, 0.5) is 5.69 Å². The first kappa shape index (κ1) is 25.1. The van der Waals surface area contributed by atoms with E-state index in [1.165, 1.54) is 32.7 Å². The minimum atomic E-state index is -3.52. The fourth-order valence-electron chi connectivity index (χ4n) is 3.22. The number of benzene rings is 2. The molecule has 0 saturated heterocycles. The summed E-state index contributed by atoms with van der Waals surface area (Å²) in [4.78, 5) is 12.4. The van der Waals surface area contributed by atoms with Crippen LogP contribution in [0, 0.1) is 0 Å². The third-order valence-electron chi connectivity index (χ3n) is 4.77. The summed E-state index contributed by atoms with van der Waals surface area (Å²) in [5.74, 6) is 1.80. The van der Waals surface area contributed by atoms with E-state index in [9.17, 15) is 13.2 Å². The molecule has 1 amide bonds. The van der Waals surface area contributed by atoms with Crippen LogP contribution >= 0.6 is 0 Å². The molecule has 2 rings (SSSR count). The fraction of sp³-hybridized carbons (Fsp3) is 0.409. The van der Waals surface area contributed by atoms with Crippen LogP contribution in [0.15, 0.2) is 36.4 Å². The van der Waals surface area contributed by atoms with Crippen LogP contribution in [-0.4, -0.2) is 55.6 Å². The molecule has 2 aromatic rings. The molecular weight excluding hydrogens is 436 g/mol. The van der Waals surface area contributed by atoms with Crippen LogP contribution in [-0.2, 0) is 21.4 Å². The van der Waals surface area contributed by atoms with Crippen molar-refractivity contribution in [3.05, 3.63) is 42.0 Å². The average Bonchev–Trinajstić information content (AvgIpc) is 2.78. The van der Waals surface area contributed by atoms with Crippen LogP contribution in [0.25, 0.3) is 0 Å². The number of nitrogens with one attached hydrogen (secondary N) is 1. The number of methoxy groups -OCH3 is 4. The predicted molar refractivity (Wildman–Crippen MR) is 122 cm³/mol. The Morgan fingerprint density at radius 2 is 1.69 bits per heavy atom. The summed E-state index contributed by atoms with van der Waals surface area (Å²) in [6.45, 7) is 0.396. The van der Waals surface area contributed by atoms with Crippen molar-refractivity contribution in [2.45, 2.75) is 19.4 Å². The van der Waals surface area contributed by atoms with Crippen molar-refractivity contribution in [1.82, 2.24) is 5.32 Å². The Morgan fingerprint density at radius 1 is 0.969 bits per heavy atom. The molecular formula is C22H30N2O7S. The topological polar surface area (TPSA) is 103 Å². The molecule has 0 fully saturated rings. The van der Waals surface area contributed by atoms with Crippen LogP contribution in [0.2, 0.25) is 0 Å². The van der Waals surface area contributed by atoms with Gasteiger partial charge < -0.3 is 24.3 Å². The molecule has 10 heteroatoms. The molecule has 0 saturated carbocycles. The van der Waals surface area contributed by atoms with Crippen LogP contribution in [0.1, 0.15) is 18.4 Å². The van der Waals surface area contributed by atoms with Gasteiger partial charge in [-0.3, -0.25) is 9.10 Å². The van der Waals surface area contributed by atoms with E-state index in [1.807, 2.05) is 0 Å². The standard InChI is InChI=1S/C22H30N2O7S/c1-28-18-9-6-8-17(14-18)24(32(5,26)27)13-7-10-20(25)23-15-16-11-12-19(29-2)22(31-4)21(16)30-3/h6,8-9,11-12,14H,7,10,13,15H2,1-5H3,(H,23,25). The van der Waals surface area contributed by atoms with Gasteiger partial charge in [-0.2, -0.15) is 0 Å². The van der Waals surface area contributed by atoms with Gasteiger partial charge in [0.2, 0.25) is 21.7 Å². The third-order valence-corrected chi connectivity index (χ3v) is 5.96. The van der Waals surface area contributed by atoms with Crippen molar-refractivity contribution in [3.8, 4) is 23.0 Å². The Bertz CT molecular complexity index is 1020. The van der Waals surface area contributed by atoms with Gasteiger partial charge in [-0.25, -0.2) is 8.42 Å². The normalized spacial score (nSPS) is 10.9. The van der Waals surface area contributed by atoms with Crippen molar-refractivity contribution < 1.29 is 32.2 Å². The number of hydrogen-bond donors (Lipinski definition) is 1. The Kier molecular flexibility index (Phi) is 9.01. The summed E-state index contributed by atoms with van der Waals surface area (Å²) >= 11 is 0. The van der Waals surface area contributed by atoms with Gasteiger partial charge in [-0.15, -0.1) is 0 Å². The number of ether oxygens (including phenoxy) is 4. The first-order valence-corrected chi connectivity index (χ1v) is 11.8. The van der Waals surface area contributed by atoms with Gasteiger partial charge >= 0.3 is 0 Å². The van der Waals surface area contributed by atoms with Crippen LogP contribution < -0.4 is 28.6 Å². The van der Waals surface area contributed by atoms with Crippen molar-refractivity contribution in [3.63, 3.8) is 0 Å². The molecule has 176 valence electrons. The number of carbonyl (C=O) groups excluding carboxylic acids is 1. The summed E-state index contributed by atoms with van der Waals surface area (Å²) in [6.07, 6.45) is 1.64. The van der Waals surface area contributed by atoms with Gasteiger partial charge in [0, 0.05) is 31.1 Å². The number of rotatable bonds is 12. The zero-order valence-corrected chi connectivity index (χ0v) is 19.8. The van der Waals surface area contributed by atoms with Gasteiger partial charge in [-0.05, 0) is 30.7 Å². The minimum Gasteiger partial charge on any atom is -0.497 e. The molecule has 0 radical (unpaired) electrons. The molecule has 1 N–H and O–H groups in total. The van der Waals surface area contributed by atoms with E-state index in [-0.39, 0.29) is 25.4 Å². The highest BCUT2D eigenvalue weighted by Gasteiger charge is 2.19. The second-order valence-electron chi connectivity index (χ2n) is 6.91. The van der Waals surface area contributed by atoms with E-state index in [4.69, 9.17) is 18.9 Å². The van der Waals surface area contributed by atoms with E-state index in [0.29, 0.717) is 35.1 Å². The smallest absolute Gasteiger partial charge is 0.232 e. The molecule has 0 heterocycles. The number of anilines is 1. The summed E-state index contributed by atoms with van der Waals surface area (Å²) < 4.78 is 47.0. The summed E-state index contributed by atoms with van der Waals surface area (Å²) in [7, 11) is 2.56. The monoisotopic (exact) mass is 466 g/mol. The molecule has 0 aliphatic heterocycles. The lowest BCUT2D eigenvalue weighted by Gasteiger charge is -2.22. The van der Waals surface area contributed by atoms with Gasteiger partial charge in [0.1, 0.15) is 5.75 Å². The predicted octanol–water partition coefficient (Wildman–Crippen LogP) is 2.58. The molecule has 32 heavy (non-hydrogen) atoms. The lowest BCUT2D eigenvalue weighted by Crippen LogP contribution is -2.32. The zero-order chi connectivity index (χ0) is 23.7. The maximum absolute atomic E-state index is 12.4. The summed E-state index contributed by atoms with van der Waals surface area (Å²) in [5, 5.41) is 2.83. The first-order chi connectivity index (χ1) is 15.2. The summed E-state index contributed by atoms with van der Waals surface area (Å²) in [5.41, 5.74) is 1.22. The van der Waals surface area contributed by atoms with Gasteiger partial charge in [0.25, 0.3) is 0 Å². The lowest BCUT2D eigenvalue weighted by atomic mass is 10.1. The van der Waals surface area contributed by atoms with Crippen molar-refractivity contribution >= 4 is 21.6 Å². The van der Waals surface area contributed by atoms with Crippen molar-refractivity contribution in [2.75, 3.05) is 45.5 Å². The molecule has 0 aromatic heterocycles. The second kappa shape index (κ2) is 11.5. The highest BCUT2D eigenvalue weighted by atomic mass is 32.2. The molecule has 9 nitrogen and oxygen atoms in total. The molecule has 0 aliphatic carbocycles. The van der Waals surface area contributed by atoms with Gasteiger partial charge in [0.05, 0.1) is 40.4 Å². The maximum Gasteiger partial charge on any atom is 0.232 e. The third kappa shape index (κ3) is 6.43. The zero-order valence-electron chi connectivity index (χ0n) is 19.0. The quantitative estimate of drug-likeness (QED) is 0.513. The molecule has 0 unspecified atom stereocenters. The number of nitrogens with zero attached hydrogens (tertiary/aromatic N) is 1. The second-order valence-corrected chi connectivity index (χ2v) is 8.82. The van der Waals surface area contributed by atoms with Crippen molar-refractivity contribution in [2.24, 2.45) is 0 Å². The van der Waals surface area contributed by atoms with E-state index in [2.05, 4.69) is 5.32 Å². The number of sulfonamides is 1. The lowest BCUT2D eigenvalue weighted by molar-refractivity contribution is -0.121. The molecule has 0 aliphatic rings. The average molecular weight is 467 g/mol. The van der Waals surface area contributed by atoms with Crippen LogP contribution in [0.5, 0.6) is 23.0 Å². The van der Waals surface area contributed by atoms with E-state index in [0.717, 1.165) is 11.8 Å². The largest absolute Gasteiger partial charge is 0.497 e. The van der Waals surface area contributed by atoms with Crippen LogP contribution in [0.3, 0.4) is 0 Å². The maximum atomic E-state index is 12.4. The van der Waals surface area contributed by atoms with E-state index in [1.54, 1.807) is 36.4 Å². The Hall–Kier alpha value is -3.14. The van der Waals surface area contributed by atoms with Gasteiger partial charge in [0.15, 0.2) is 11.5 Å². The van der Waals surface area contributed by atoms with Gasteiger partial charge in [-0.1, -0.05) is 6.07 Å². The Balaban J connectivity index is 1.99. The Labute approximate surface area is 189 Å². The molecule has 0 atom stereocenters. The first-order valence-electron chi connectivity index (χ1n) is 9.91. The molecule has 0 spiro atoms. The minimum absolute atomic E-state index is 0.158. The summed E-state index contributed by atoms with van der Waals surface area (Å²) in [6, 6.07) is 10.3. The fourth-order valence-corrected chi connectivity index (χ4v) is 4.18. The van der Waals surface area contributed by atoms with Crippen molar-refractivity contribution in [1.29, 1.82) is 0 Å².